The molecule has 0 unspecified atom stereocenters. The van der Waals surface area contributed by atoms with Crippen molar-refractivity contribution in [2.45, 2.75) is 32.2 Å². The number of hydrogen-bond donors (Lipinski definition) is 3. The summed E-state index contributed by atoms with van der Waals surface area (Å²) in [6.07, 6.45) is 1.14. The highest BCUT2D eigenvalue weighted by Gasteiger charge is 2.29. The highest BCUT2D eigenvalue weighted by atomic mass is 16.5. The van der Waals surface area contributed by atoms with Crippen LogP contribution in [0.2, 0.25) is 0 Å². The number of carbonyl (C=O) groups is 3. The molecule has 1 saturated heterocycles. The standard InChI is InChI=1S/C16H21N3O4/c1-10-3-5-13(23-2)11(9-10)7-8-17-14(20)6-4-12-15(21)19-16(22)18-12/h3,5,9,12H,4,6-8H2,1-2H3,(H,17,20)(H2,18,19,21,22)/t12-/m1/s1. The minimum Gasteiger partial charge on any atom is -0.496 e. The Morgan fingerprint density at radius 3 is 2.78 bits per heavy atom. The van der Waals surface area contributed by atoms with E-state index in [0.29, 0.717) is 13.0 Å². The minimum absolute atomic E-state index is 0.148. The van der Waals surface area contributed by atoms with Crippen LogP contribution < -0.4 is 20.7 Å². The molecule has 7 nitrogen and oxygen atoms in total. The smallest absolute Gasteiger partial charge is 0.322 e. The summed E-state index contributed by atoms with van der Waals surface area (Å²) < 4.78 is 5.30. The van der Waals surface area contributed by atoms with Crippen molar-refractivity contribution in [1.82, 2.24) is 16.0 Å². The van der Waals surface area contributed by atoms with E-state index in [9.17, 15) is 14.4 Å². The minimum atomic E-state index is -0.620. The molecule has 0 aliphatic carbocycles. The normalized spacial score (nSPS) is 16.7. The van der Waals surface area contributed by atoms with E-state index in [0.717, 1.165) is 16.9 Å². The fraction of sp³-hybridized carbons (Fsp3) is 0.438. The van der Waals surface area contributed by atoms with Crippen molar-refractivity contribution in [2.75, 3.05) is 13.7 Å². The Balaban J connectivity index is 1.74. The van der Waals surface area contributed by atoms with Gasteiger partial charge >= 0.3 is 6.03 Å². The average molecular weight is 319 g/mol. The molecule has 2 rings (SSSR count). The van der Waals surface area contributed by atoms with Crippen molar-refractivity contribution in [3.8, 4) is 5.75 Å². The first kappa shape index (κ1) is 16.8. The molecule has 0 spiro atoms. The number of nitrogens with one attached hydrogen (secondary N) is 3. The number of ether oxygens (including phenoxy) is 1. The summed E-state index contributed by atoms with van der Waals surface area (Å²) in [5.74, 6) is 0.271. The Morgan fingerprint density at radius 1 is 1.35 bits per heavy atom. The summed E-state index contributed by atoms with van der Waals surface area (Å²) in [6, 6.07) is 4.79. The molecule has 0 saturated carbocycles. The number of imide groups is 1. The summed E-state index contributed by atoms with van der Waals surface area (Å²) in [4.78, 5) is 34.1. The van der Waals surface area contributed by atoms with Gasteiger partial charge in [-0.15, -0.1) is 0 Å². The van der Waals surface area contributed by atoms with Crippen molar-refractivity contribution in [2.24, 2.45) is 0 Å². The summed E-state index contributed by atoms with van der Waals surface area (Å²) in [5.41, 5.74) is 2.17. The van der Waals surface area contributed by atoms with Gasteiger partial charge in [0.1, 0.15) is 11.8 Å². The van der Waals surface area contributed by atoms with E-state index >= 15 is 0 Å². The van der Waals surface area contributed by atoms with Crippen LogP contribution in [-0.4, -0.2) is 37.5 Å². The highest BCUT2D eigenvalue weighted by Crippen LogP contribution is 2.19. The van der Waals surface area contributed by atoms with E-state index in [1.54, 1.807) is 7.11 Å². The van der Waals surface area contributed by atoms with Gasteiger partial charge in [0.25, 0.3) is 5.91 Å². The van der Waals surface area contributed by atoms with Crippen LogP contribution >= 0.6 is 0 Å². The second-order valence-electron chi connectivity index (χ2n) is 5.47. The zero-order valence-electron chi connectivity index (χ0n) is 13.3. The van der Waals surface area contributed by atoms with E-state index in [-0.39, 0.29) is 24.7 Å². The van der Waals surface area contributed by atoms with E-state index in [4.69, 9.17) is 4.74 Å². The largest absolute Gasteiger partial charge is 0.496 e. The SMILES string of the molecule is COc1ccc(C)cc1CCNC(=O)CC[C@H]1NC(=O)NC1=O. The lowest BCUT2D eigenvalue weighted by molar-refractivity contribution is -0.122. The monoisotopic (exact) mass is 319 g/mol. The molecule has 1 aliphatic heterocycles. The van der Waals surface area contributed by atoms with Crippen LogP contribution in [0, 0.1) is 6.92 Å². The van der Waals surface area contributed by atoms with Crippen LogP contribution in [0.3, 0.4) is 0 Å². The van der Waals surface area contributed by atoms with E-state index in [2.05, 4.69) is 16.0 Å². The maximum absolute atomic E-state index is 11.8. The second kappa shape index (κ2) is 7.62. The molecular formula is C16H21N3O4. The number of aryl methyl sites for hydroxylation is 1. The molecule has 1 aromatic carbocycles. The lowest BCUT2D eigenvalue weighted by Gasteiger charge is -2.11. The van der Waals surface area contributed by atoms with Crippen LogP contribution in [0.4, 0.5) is 4.79 Å². The van der Waals surface area contributed by atoms with Gasteiger partial charge in [0, 0.05) is 13.0 Å². The Kier molecular flexibility index (Phi) is 5.56. The number of carbonyl (C=O) groups excluding carboxylic acids is 3. The second-order valence-corrected chi connectivity index (χ2v) is 5.47. The Bertz CT molecular complexity index is 615. The van der Waals surface area contributed by atoms with Gasteiger partial charge in [-0.25, -0.2) is 4.79 Å². The summed E-state index contributed by atoms with van der Waals surface area (Å²) in [7, 11) is 1.62. The molecule has 1 heterocycles. The van der Waals surface area contributed by atoms with Crippen molar-refractivity contribution < 1.29 is 19.1 Å². The maximum Gasteiger partial charge on any atom is 0.322 e. The van der Waals surface area contributed by atoms with Crippen molar-refractivity contribution >= 4 is 17.8 Å². The molecule has 4 amide bonds. The van der Waals surface area contributed by atoms with Crippen LogP contribution in [0.5, 0.6) is 5.75 Å². The number of hydrogen-bond acceptors (Lipinski definition) is 4. The average Bonchev–Trinajstić information content (AvgIpc) is 2.83. The van der Waals surface area contributed by atoms with Gasteiger partial charge in [0.2, 0.25) is 5.91 Å². The van der Waals surface area contributed by atoms with Gasteiger partial charge in [-0.05, 0) is 31.4 Å². The van der Waals surface area contributed by atoms with Crippen LogP contribution in [-0.2, 0) is 16.0 Å². The predicted octanol–water partition coefficient (Wildman–Crippen LogP) is 0.651. The van der Waals surface area contributed by atoms with Gasteiger partial charge < -0.3 is 15.4 Å². The lowest BCUT2D eigenvalue weighted by atomic mass is 10.1. The van der Waals surface area contributed by atoms with Gasteiger partial charge in [0.15, 0.2) is 0 Å². The molecular weight excluding hydrogens is 298 g/mol. The van der Waals surface area contributed by atoms with E-state index < -0.39 is 12.1 Å². The Labute approximate surface area is 134 Å². The molecule has 0 bridgehead atoms. The van der Waals surface area contributed by atoms with Crippen molar-refractivity contribution in [3.63, 3.8) is 0 Å². The number of urea groups is 1. The number of methoxy groups -OCH3 is 1. The van der Waals surface area contributed by atoms with Crippen molar-refractivity contribution in [1.29, 1.82) is 0 Å². The molecule has 124 valence electrons. The topological polar surface area (TPSA) is 96.5 Å². The quantitative estimate of drug-likeness (QED) is 0.643. The molecule has 1 atom stereocenters. The molecule has 1 aliphatic rings. The van der Waals surface area contributed by atoms with Gasteiger partial charge in [-0.1, -0.05) is 17.7 Å². The molecule has 7 heteroatoms. The molecule has 0 radical (unpaired) electrons. The zero-order chi connectivity index (χ0) is 16.8. The first-order valence-corrected chi connectivity index (χ1v) is 7.51. The molecule has 1 aromatic rings. The fourth-order valence-corrected chi connectivity index (χ4v) is 2.47. The fourth-order valence-electron chi connectivity index (χ4n) is 2.47. The van der Waals surface area contributed by atoms with Gasteiger partial charge in [0.05, 0.1) is 7.11 Å². The summed E-state index contributed by atoms with van der Waals surface area (Å²) in [6.45, 7) is 2.49. The first-order chi connectivity index (χ1) is 11.0. The van der Waals surface area contributed by atoms with Crippen LogP contribution in [0.15, 0.2) is 18.2 Å². The number of benzene rings is 1. The van der Waals surface area contributed by atoms with E-state index in [1.165, 1.54) is 0 Å². The van der Waals surface area contributed by atoms with Crippen LogP contribution in [0.25, 0.3) is 0 Å². The highest BCUT2D eigenvalue weighted by molar-refractivity contribution is 6.04. The molecule has 23 heavy (non-hydrogen) atoms. The third-order valence-corrected chi connectivity index (χ3v) is 3.67. The molecule has 1 fully saturated rings. The van der Waals surface area contributed by atoms with Crippen molar-refractivity contribution in [3.05, 3.63) is 29.3 Å². The lowest BCUT2D eigenvalue weighted by Crippen LogP contribution is -2.32. The molecule has 3 N–H and O–H groups in total. The maximum atomic E-state index is 11.8. The molecule has 0 aromatic heterocycles. The number of rotatable bonds is 7. The third-order valence-electron chi connectivity index (χ3n) is 3.67. The van der Waals surface area contributed by atoms with Crippen LogP contribution in [0.1, 0.15) is 24.0 Å². The number of amides is 4. The predicted molar refractivity (Wildman–Crippen MR) is 84.1 cm³/mol. The summed E-state index contributed by atoms with van der Waals surface area (Å²) in [5, 5.41) is 7.42. The zero-order valence-corrected chi connectivity index (χ0v) is 13.3. The Morgan fingerprint density at radius 2 is 2.13 bits per heavy atom. The van der Waals surface area contributed by atoms with E-state index in [1.807, 2.05) is 25.1 Å². The Hall–Kier alpha value is -2.57. The first-order valence-electron chi connectivity index (χ1n) is 7.51. The summed E-state index contributed by atoms with van der Waals surface area (Å²) >= 11 is 0. The third kappa shape index (κ3) is 4.70. The van der Waals surface area contributed by atoms with Gasteiger partial charge in [-0.3, -0.25) is 14.9 Å². The van der Waals surface area contributed by atoms with Gasteiger partial charge in [-0.2, -0.15) is 0 Å².